The van der Waals surface area contributed by atoms with Gasteiger partial charge in [-0.15, -0.1) is 0 Å². The van der Waals surface area contributed by atoms with E-state index in [1.165, 1.54) is 12.1 Å². The maximum Gasteiger partial charge on any atom is 0.123 e. The number of phenols is 1. The summed E-state index contributed by atoms with van der Waals surface area (Å²) in [4.78, 5) is 0. The van der Waals surface area contributed by atoms with Crippen LogP contribution in [0.5, 0.6) is 5.75 Å². The Balaban J connectivity index is 2.04. The van der Waals surface area contributed by atoms with E-state index in [2.05, 4.69) is 11.4 Å². The zero-order valence-electron chi connectivity index (χ0n) is 10.2. The highest BCUT2D eigenvalue weighted by molar-refractivity contribution is 5.32. The number of aromatic hydroxyl groups is 1. The number of nitrogens with zero attached hydrogens (tertiary/aromatic N) is 1. The first-order valence-electron chi connectivity index (χ1n) is 5.85. The van der Waals surface area contributed by atoms with Crippen LogP contribution in [0.2, 0.25) is 0 Å². The third kappa shape index (κ3) is 3.54. The zero-order chi connectivity index (χ0) is 13.7. The standard InChI is InChI=1S/C15H13FN2O/c16-13-6-4-11(5-7-13)10-18-15(9-17)12-2-1-3-14(19)8-12/h1-8,15,18-19H,10H2. The summed E-state index contributed by atoms with van der Waals surface area (Å²) < 4.78 is 12.8. The molecule has 0 fully saturated rings. The highest BCUT2D eigenvalue weighted by Gasteiger charge is 2.10. The average molecular weight is 256 g/mol. The molecule has 0 heterocycles. The van der Waals surface area contributed by atoms with Crippen molar-refractivity contribution in [2.45, 2.75) is 12.6 Å². The molecule has 2 aromatic rings. The van der Waals surface area contributed by atoms with Crippen LogP contribution in [0.1, 0.15) is 17.2 Å². The van der Waals surface area contributed by atoms with Crippen LogP contribution in [-0.2, 0) is 6.54 Å². The van der Waals surface area contributed by atoms with Crippen molar-refractivity contribution in [1.82, 2.24) is 5.32 Å². The van der Waals surface area contributed by atoms with Gasteiger partial charge in [0.15, 0.2) is 0 Å². The zero-order valence-corrected chi connectivity index (χ0v) is 10.2. The molecule has 96 valence electrons. The van der Waals surface area contributed by atoms with Gasteiger partial charge < -0.3 is 5.11 Å². The molecule has 0 bridgehead atoms. The first-order chi connectivity index (χ1) is 9.19. The summed E-state index contributed by atoms with van der Waals surface area (Å²) in [5.74, 6) is -0.158. The normalized spacial score (nSPS) is 11.8. The van der Waals surface area contributed by atoms with Crippen LogP contribution in [-0.4, -0.2) is 5.11 Å². The molecule has 2 N–H and O–H groups in total. The third-order valence-electron chi connectivity index (χ3n) is 2.76. The monoisotopic (exact) mass is 256 g/mol. The Bertz CT molecular complexity index is 590. The lowest BCUT2D eigenvalue weighted by Crippen LogP contribution is -2.19. The molecule has 0 aliphatic heterocycles. The Morgan fingerprint density at radius 2 is 1.95 bits per heavy atom. The molecule has 19 heavy (non-hydrogen) atoms. The highest BCUT2D eigenvalue weighted by Crippen LogP contribution is 2.18. The maximum atomic E-state index is 12.8. The number of nitriles is 1. The fraction of sp³-hybridized carbons (Fsp3) is 0.133. The van der Waals surface area contributed by atoms with E-state index in [1.54, 1.807) is 36.4 Å². The molecule has 0 aromatic heterocycles. The Labute approximate surface area is 110 Å². The van der Waals surface area contributed by atoms with Gasteiger partial charge in [0, 0.05) is 6.54 Å². The van der Waals surface area contributed by atoms with Crippen molar-refractivity contribution in [3.8, 4) is 11.8 Å². The van der Waals surface area contributed by atoms with Crippen LogP contribution < -0.4 is 5.32 Å². The van der Waals surface area contributed by atoms with Gasteiger partial charge in [0.2, 0.25) is 0 Å². The number of halogens is 1. The minimum absolute atomic E-state index is 0.126. The summed E-state index contributed by atoms with van der Waals surface area (Å²) in [6, 6.07) is 14.3. The molecule has 2 aromatic carbocycles. The van der Waals surface area contributed by atoms with Gasteiger partial charge in [-0.2, -0.15) is 5.26 Å². The SMILES string of the molecule is N#CC(NCc1ccc(F)cc1)c1cccc(O)c1. The van der Waals surface area contributed by atoms with E-state index in [9.17, 15) is 9.50 Å². The summed E-state index contributed by atoms with van der Waals surface area (Å²) >= 11 is 0. The Kier molecular flexibility index (Phi) is 4.11. The van der Waals surface area contributed by atoms with E-state index in [0.717, 1.165) is 5.56 Å². The third-order valence-corrected chi connectivity index (χ3v) is 2.76. The van der Waals surface area contributed by atoms with E-state index in [1.807, 2.05) is 0 Å². The molecule has 0 aliphatic carbocycles. The number of nitrogens with one attached hydrogen (secondary N) is 1. The number of hydrogen-bond donors (Lipinski definition) is 2. The van der Waals surface area contributed by atoms with Gasteiger partial charge >= 0.3 is 0 Å². The van der Waals surface area contributed by atoms with Crippen molar-refractivity contribution in [2.75, 3.05) is 0 Å². The lowest BCUT2D eigenvalue weighted by molar-refractivity contribution is 0.473. The molecule has 1 unspecified atom stereocenters. The van der Waals surface area contributed by atoms with E-state index in [0.29, 0.717) is 12.1 Å². The Morgan fingerprint density at radius 3 is 2.58 bits per heavy atom. The molecule has 0 radical (unpaired) electrons. The Morgan fingerprint density at radius 1 is 1.21 bits per heavy atom. The average Bonchev–Trinajstić information content (AvgIpc) is 2.42. The van der Waals surface area contributed by atoms with Crippen molar-refractivity contribution in [3.63, 3.8) is 0 Å². The van der Waals surface area contributed by atoms with Crippen molar-refractivity contribution in [1.29, 1.82) is 5.26 Å². The molecule has 3 nitrogen and oxygen atoms in total. The fourth-order valence-corrected chi connectivity index (χ4v) is 1.76. The van der Waals surface area contributed by atoms with Crippen molar-refractivity contribution in [3.05, 3.63) is 65.5 Å². The van der Waals surface area contributed by atoms with E-state index < -0.39 is 6.04 Å². The molecular weight excluding hydrogens is 243 g/mol. The van der Waals surface area contributed by atoms with Gasteiger partial charge in [0.25, 0.3) is 0 Å². The minimum atomic E-state index is -0.517. The van der Waals surface area contributed by atoms with Crippen LogP contribution >= 0.6 is 0 Å². The second kappa shape index (κ2) is 5.98. The van der Waals surface area contributed by atoms with E-state index in [-0.39, 0.29) is 11.6 Å². The van der Waals surface area contributed by atoms with Gasteiger partial charge in [-0.25, -0.2) is 4.39 Å². The number of hydrogen-bond acceptors (Lipinski definition) is 3. The van der Waals surface area contributed by atoms with Crippen LogP contribution in [0.25, 0.3) is 0 Å². The predicted octanol–water partition coefficient (Wildman–Crippen LogP) is 2.89. The topological polar surface area (TPSA) is 56.0 Å². The van der Waals surface area contributed by atoms with Crippen molar-refractivity contribution < 1.29 is 9.50 Å². The smallest absolute Gasteiger partial charge is 0.123 e. The van der Waals surface area contributed by atoms with Crippen molar-refractivity contribution in [2.24, 2.45) is 0 Å². The van der Waals surface area contributed by atoms with Gasteiger partial charge in [-0.05, 0) is 35.4 Å². The predicted molar refractivity (Wildman–Crippen MR) is 69.7 cm³/mol. The first-order valence-corrected chi connectivity index (χ1v) is 5.85. The Hall–Kier alpha value is -2.38. The summed E-state index contributed by atoms with van der Waals surface area (Å²) in [5, 5.41) is 21.6. The summed E-state index contributed by atoms with van der Waals surface area (Å²) in [5.41, 5.74) is 1.59. The van der Waals surface area contributed by atoms with Crippen LogP contribution in [0, 0.1) is 17.1 Å². The lowest BCUT2D eigenvalue weighted by Gasteiger charge is -2.12. The van der Waals surface area contributed by atoms with Crippen molar-refractivity contribution >= 4 is 0 Å². The molecule has 0 amide bonds. The molecule has 4 heteroatoms. The lowest BCUT2D eigenvalue weighted by atomic mass is 10.1. The van der Waals surface area contributed by atoms with Crippen LogP contribution in [0.15, 0.2) is 48.5 Å². The number of benzene rings is 2. The highest BCUT2D eigenvalue weighted by atomic mass is 19.1. The molecular formula is C15H13FN2O. The van der Waals surface area contributed by atoms with Crippen LogP contribution in [0.3, 0.4) is 0 Å². The number of rotatable bonds is 4. The molecule has 0 spiro atoms. The molecule has 2 rings (SSSR count). The quantitative estimate of drug-likeness (QED) is 0.884. The fourth-order valence-electron chi connectivity index (χ4n) is 1.76. The largest absolute Gasteiger partial charge is 0.508 e. The van der Waals surface area contributed by atoms with Crippen LogP contribution in [0.4, 0.5) is 4.39 Å². The number of phenolic OH excluding ortho intramolecular Hbond substituents is 1. The summed E-state index contributed by atoms with van der Waals surface area (Å²) in [6.45, 7) is 0.453. The molecule has 1 atom stereocenters. The summed E-state index contributed by atoms with van der Waals surface area (Å²) in [7, 11) is 0. The second-order valence-electron chi connectivity index (χ2n) is 4.16. The first kappa shape index (κ1) is 13.1. The maximum absolute atomic E-state index is 12.8. The molecule has 0 saturated carbocycles. The van der Waals surface area contributed by atoms with Gasteiger partial charge in [-0.1, -0.05) is 24.3 Å². The minimum Gasteiger partial charge on any atom is -0.508 e. The molecule has 0 saturated heterocycles. The molecule has 0 aliphatic rings. The summed E-state index contributed by atoms with van der Waals surface area (Å²) in [6.07, 6.45) is 0. The van der Waals surface area contributed by atoms with Gasteiger partial charge in [-0.3, -0.25) is 5.32 Å². The van der Waals surface area contributed by atoms with Gasteiger partial charge in [0.1, 0.15) is 17.6 Å². The van der Waals surface area contributed by atoms with Gasteiger partial charge in [0.05, 0.1) is 6.07 Å². The second-order valence-corrected chi connectivity index (χ2v) is 4.16. The van der Waals surface area contributed by atoms with E-state index in [4.69, 9.17) is 5.26 Å². The van der Waals surface area contributed by atoms with E-state index >= 15 is 0 Å².